The first-order valence-electron chi connectivity index (χ1n) is 11.5. The van der Waals surface area contributed by atoms with Gasteiger partial charge in [0.05, 0.1) is 5.92 Å². The number of alkyl carbamates (subject to hydrolysis) is 1. The van der Waals surface area contributed by atoms with Crippen LogP contribution in [0.15, 0.2) is 48.5 Å². The van der Waals surface area contributed by atoms with Crippen molar-refractivity contribution in [1.82, 2.24) is 10.2 Å². The maximum Gasteiger partial charge on any atom is 0.407 e. The third kappa shape index (κ3) is 5.35. The number of fused-ring (bicyclic) bond motifs is 3. The van der Waals surface area contributed by atoms with Crippen LogP contribution in [0.25, 0.3) is 11.1 Å². The second-order valence-corrected chi connectivity index (χ2v) is 8.33. The Balaban J connectivity index is 1.61. The van der Waals surface area contributed by atoms with E-state index < -0.39 is 24.0 Å². The Hall–Kier alpha value is -3.35. The van der Waals surface area contributed by atoms with E-state index in [0.717, 1.165) is 28.7 Å². The van der Waals surface area contributed by atoms with Gasteiger partial charge in [-0.1, -0.05) is 61.9 Å². The number of nitrogens with one attached hydrogen (secondary N) is 1. The van der Waals surface area contributed by atoms with Crippen molar-refractivity contribution in [3.05, 3.63) is 59.7 Å². The van der Waals surface area contributed by atoms with Crippen LogP contribution in [0.4, 0.5) is 4.79 Å². The molecule has 33 heavy (non-hydrogen) atoms. The van der Waals surface area contributed by atoms with Crippen molar-refractivity contribution in [2.24, 2.45) is 5.92 Å². The summed E-state index contributed by atoms with van der Waals surface area (Å²) >= 11 is 0. The van der Waals surface area contributed by atoms with Gasteiger partial charge in [0.2, 0.25) is 5.91 Å². The Morgan fingerprint density at radius 2 is 1.61 bits per heavy atom. The highest BCUT2D eigenvalue weighted by Crippen LogP contribution is 2.44. The average molecular weight is 453 g/mol. The van der Waals surface area contributed by atoms with Gasteiger partial charge in [0.15, 0.2) is 0 Å². The van der Waals surface area contributed by atoms with E-state index in [2.05, 4.69) is 29.6 Å². The highest BCUT2D eigenvalue weighted by molar-refractivity contribution is 5.85. The highest BCUT2D eigenvalue weighted by atomic mass is 16.5. The molecular weight excluding hydrogens is 420 g/mol. The predicted octanol–water partition coefficient (Wildman–Crippen LogP) is 4.26. The minimum absolute atomic E-state index is 0.0387. The third-order valence-electron chi connectivity index (χ3n) is 6.27. The normalized spacial score (nSPS) is 14.0. The lowest BCUT2D eigenvalue weighted by Gasteiger charge is -2.29. The molecule has 0 aromatic heterocycles. The fraction of sp³-hybridized carbons (Fsp3) is 0.423. The standard InChI is InChI=1S/C26H32N2O5/c1-4-10-18(24(29)28(5-2)17(3)25(30)31)15-27-26(32)33-16-23-21-13-8-6-11-19(21)20-12-7-9-14-22(20)23/h6-9,11-14,17-18,23H,4-5,10,15-16H2,1-3H3,(H,27,32)(H,30,31). The van der Waals surface area contributed by atoms with Crippen LogP contribution in [-0.2, 0) is 14.3 Å². The molecule has 2 aromatic carbocycles. The molecule has 0 radical (unpaired) electrons. The summed E-state index contributed by atoms with van der Waals surface area (Å²) in [4.78, 5) is 38.1. The second-order valence-electron chi connectivity index (χ2n) is 8.33. The van der Waals surface area contributed by atoms with Crippen LogP contribution in [0.5, 0.6) is 0 Å². The molecule has 7 heteroatoms. The summed E-state index contributed by atoms with van der Waals surface area (Å²) in [5, 5.41) is 12.0. The SMILES string of the molecule is CCCC(CNC(=O)OCC1c2ccccc2-c2ccccc21)C(=O)N(CC)C(C)C(=O)O. The van der Waals surface area contributed by atoms with E-state index in [9.17, 15) is 19.5 Å². The zero-order valence-corrected chi connectivity index (χ0v) is 19.4. The molecule has 7 nitrogen and oxygen atoms in total. The molecule has 0 spiro atoms. The van der Waals surface area contributed by atoms with Gasteiger partial charge in [-0.2, -0.15) is 0 Å². The van der Waals surface area contributed by atoms with E-state index in [1.165, 1.54) is 11.8 Å². The van der Waals surface area contributed by atoms with Crippen LogP contribution in [0.2, 0.25) is 0 Å². The van der Waals surface area contributed by atoms with Crippen molar-refractivity contribution in [2.75, 3.05) is 19.7 Å². The van der Waals surface area contributed by atoms with Crippen molar-refractivity contribution in [1.29, 1.82) is 0 Å². The number of nitrogens with zero attached hydrogens (tertiary/aromatic N) is 1. The summed E-state index contributed by atoms with van der Waals surface area (Å²) in [7, 11) is 0. The fourth-order valence-electron chi connectivity index (χ4n) is 4.51. The molecule has 2 atom stereocenters. The molecule has 0 saturated heterocycles. The lowest BCUT2D eigenvalue weighted by Crippen LogP contribution is -2.48. The maximum atomic E-state index is 12.9. The summed E-state index contributed by atoms with van der Waals surface area (Å²) < 4.78 is 5.55. The minimum Gasteiger partial charge on any atom is -0.480 e. The number of carbonyl (C=O) groups excluding carboxylic acids is 2. The smallest absolute Gasteiger partial charge is 0.407 e. The number of benzene rings is 2. The number of carbonyl (C=O) groups is 3. The first kappa shape index (κ1) is 24.3. The first-order valence-corrected chi connectivity index (χ1v) is 11.5. The summed E-state index contributed by atoms with van der Waals surface area (Å²) in [5.74, 6) is -1.86. The lowest BCUT2D eigenvalue weighted by molar-refractivity contribution is -0.151. The second kappa shape index (κ2) is 11.0. The Labute approximate surface area is 194 Å². The van der Waals surface area contributed by atoms with Crippen LogP contribution >= 0.6 is 0 Å². The number of carboxylic acid groups (broad SMARTS) is 1. The number of carboxylic acids is 1. The number of aliphatic carboxylic acids is 1. The Morgan fingerprint density at radius 1 is 1.03 bits per heavy atom. The molecule has 2 amide bonds. The van der Waals surface area contributed by atoms with E-state index in [4.69, 9.17) is 4.74 Å². The fourth-order valence-corrected chi connectivity index (χ4v) is 4.51. The quantitative estimate of drug-likeness (QED) is 0.561. The zero-order chi connectivity index (χ0) is 24.0. The van der Waals surface area contributed by atoms with Gasteiger partial charge in [-0.15, -0.1) is 0 Å². The largest absolute Gasteiger partial charge is 0.480 e. The van der Waals surface area contributed by atoms with E-state index in [0.29, 0.717) is 6.42 Å². The molecule has 0 fully saturated rings. The Morgan fingerprint density at radius 3 is 2.12 bits per heavy atom. The number of likely N-dealkylation sites (N-methyl/N-ethyl adjacent to an activating group) is 1. The molecule has 0 heterocycles. The summed E-state index contributed by atoms with van der Waals surface area (Å²) in [6.07, 6.45) is 0.702. The van der Waals surface area contributed by atoms with Gasteiger partial charge < -0.3 is 20.1 Å². The first-order chi connectivity index (χ1) is 15.9. The highest BCUT2D eigenvalue weighted by Gasteiger charge is 2.31. The Kier molecular flexibility index (Phi) is 8.09. The van der Waals surface area contributed by atoms with Crippen LogP contribution in [0, 0.1) is 5.92 Å². The van der Waals surface area contributed by atoms with Crippen molar-refractivity contribution in [3.8, 4) is 11.1 Å². The van der Waals surface area contributed by atoms with Crippen LogP contribution in [-0.4, -0.2) is 53.7 Å². The Bertz CT molecular complexity index is 960. The molecular formula is C26H32N2O5. The van der Waals surface area contributed by atoms with Crippen molar-refractivity contribution < 1.29 is 24.2 Å². The average Bonchev–Trinajstić information content (AvgIpc) is 3.14. The van der Waals surface area contributed by atoms with Crippen LogP contribution in [0.1, 0.15) is 50.7 Å². The number of ether oxygens (including phenoxy) is 1. The molecule has 2 aromatic rings. The molecule has 176 valence electrons. The van der Waals surface area contributed by atoms with Gasteiger partial charge >= 0.3 is 12.1 Å². The summed E-state index contributed by atoms with van der Waals surface area (Å²) in [6, 6.07) is 15.3. The third-order valence-corrected chi connectivity index (χ3v) is 6.27. The molecule has 1 aliphatic carbocycles. The summed E-state index contributed by atoms with van der Waals surface area (Å²) in [6.45, 7) is 5.78. The van der Waals surface area contributed by atoms with Gasteiger partial charge in [0.1, 0.15) is 12.6 Å². The van der Waals surface area contributed by atoms with E-state index in [-0.39, 0.29) is 31.5 Å². The molecule has 2 unspecified atom stereocenters. The number of hydrogen-bond acceptors (Lipinski definition) is 4. The lowest BCUT2D eigenvalue weighted by atomic mass is 9.98. The number of rotatable bonds is 10. The van der Waals surface area contributed by atoms with Gasteiger partial charge in [-0.05, 0) is 42.5 Å². The van der Waals surface area contributed by atoms with Gasteiger partial charge in [-0.3, -0.25) is 4.79 Å². The van der Waals surface area contributed by atoms with Crippen molar-refractivity contribution in [3.63, 3.8) is 0 Å². The van der Waals surface area contributed by atoms with E-state index >= 15 is 0 Å². The zero-order valence-electron chi connectivity index (χ0n) is 19.4. The van der Waals surface area contributed by atoms with E-state index in [1.54, 1.807) is 6.92 Å². The van der Waals surface area contributed by atoms with Crippen molar-refractivity contribution >= 4 is 18.0 Å². The molecule has 0 bridgehead atoms. The van der Waals surface area contributed by atoms with Gasteiger partial charge in [0.25, 0.3) is 0 Å². The number of hydrogen-bond donors (Lipinski definition) is 2. The molecule has 1 aliphatic rings. The van der Waals surface area contributed by atoms with Crippen LogP contribution < -0.4 is 5.32 Å². The maximum absolute atomic E-state index is 12.9. The monoisotopic (exact) mass is 452 g/mol. The van der Waals surface area contributed by atoms with E-state index in [1.807, 2.05) is 31.2 Å². The topological polar surface area (TPSA) is 95.9 Å². The molecule has 2 N–H and O–H groups in total. The van der Waals surface area contributed by atoms with Crippen LogP contribution in [0.3, 0.4) is 0 Å². The number of amides is 2. The minimum atomic E-state index is -1.05. The predicted molar refractivity (Wildman–Crippen MR) is 126 cm³/mol. The van der Waals surface area contributed by atoms with Gasteiger partial charge in [-0.25, -0.2) is 9.59 Å². The molecule has 0 aliphatic heterocycles. The molecule has 0 saturated carbocycles. The molecule has 3 rings (SSSR count). The van der Waals surface area contributed by atoms with Crippen molar-refractivity contribution in [2.45, 2.75) is 45.6 Å². The van der Waals surface area contributed by atoms with Gasteiger partial charge in [0, 0.05) is 19.0 Å². The summed E-state index contributed by atoms with van der Waals surface area (Å²) in [5.41, 5.74) is 4.57.